The summed E-state index contributed by atoms with van der Waals surface area (Å²) >= 11 is 0. The first kappa shape index (κ1) is 18.3. The van der Waals surface area contributed by atoms with Crippen molar-refractivity contribution in [2.75, 3.05) is 26.4 Å². The molecule has 0 aromatic carbocycles. The number of rotatable bonds is 9. The van der Waals surface area contributed by atoms with Gasteiger partial charge in [0, 0.05) is 31.6 Å². The highest BCUT2D eigenvalue weighted by atomic mass is 28.4. The van der Waals surface area contributed by atoms with E-state index in [1.807, 2.05) is 20.8 Å². The van der Waals surface area contributed by atoms with Gasteiger partial charge in [-0.05, 0) is 46.2 Å². The Labute approximate surface area is 126 Å². The van der Waals surface area contributed by atoms with Gasteiger partial charge in [0.1, 0.15) is 0 Å². The predicted molar refractivity (Wildman–Crippen MR) is 86.3 cm³/mol. The molecule has 2 unspecified atom stereocenters. The standard InChI is InChI=1S/C14H32O4Si2/c1-6-14(19(5)13-11-10-12-18-19)20(15-7-2,16-8-3)17-9-4/h14H,6-13H2,1-5H3. The van der Waals surface area contributed by atoms with Gasteiger partial charge in [0.25, 0.3) is 0 Å². The van der Waals surface area contributed by atoms with Gasteiger partial charge < -0.3 is 17.7 Å². The van der Waals surface area contributed by atoms with E-state index in [1.165, 1.54) is 18.9 Å². The van der Waals surface area contributed by atoms with Crippen LogP contribution in [0.4, 0.5) is 0 Å². The summed E-state index contributed by atoms with van der Waals surface area (Å²) < 4.78 is 24.7. The first-order chi connectivity index (χ1) is 9.58. The lowest BCUT2D eigenvalue weighted by atomic mass is 10.4. The summed E-state index contributed by atoms with van der Waals surface area (Å²) in [5.41, 5.74) is 0. The largest absolute Gasteiger partial charge is 0.503 e. The summed E-state index contributed by atoms with van der Waals surface area (Å²) in [4.78, 5) is 0. The maximum Gasteiger partial charge on any atom is 0.503 e. The van der Waals surface area contributed by atoms with Gasteiger partial charge in [-0.1, -0.05) is 13.3 Å². The van der Waals surface area contributed by atoms with Gasteiger partial charge in [-0.15, -0.1) is 0 Å². The van der Waals surface area contributed by atoms with E-state index in [0.717, 1.165) is 13.0 Å². The maximum absolute atomic E-state index is 6.30. The number of hydrogen-bond acceptors (Lipinski definition) is 4. The summed E-state index contributed by atoms with van der Waals surface area (Å²) in [6, 6.07) is 1.20. The van der Waals surface area contributed by atoms with Crippen molar-refractivity contribution < 1.29 is 17.7 Å². The lowest BCUT2D eigenvalue weighted by Crippen LogP contribution is -2.60. The molecule has 0 amide bonds. The van der Waals surface area contributed by atoms with Crippen molar-refractivity contribution in [3.8, 4) is 0 Å². The van der Waals surface area contributed by atoms with Crippen molar-refractivity contribution in [1.82, 2.24) is 0 Å². The Hall–Kier alpha value is 0.274. The van der Waals surface area contributed by atoms with E-state index in [9.17, 15) is 0 Å². The minimum absolute atomic E-state index is 0.343. The third-order valence-corrected chi connectivity index (χ3v) is 14.4. The maximum atomic E-state index is 6.30. The molecule has 0 radical (unpaired) electrons. The Morgan fingerprint density at radius 2 is 1.55 bits per heavy atom. The molecule has 0 bridgehead atoms. The molecule has 1 heterocycles. The van der Waals surface area contributed by atoms with Crippen molar-refractivity contribution >= 4 is 17.1 Å². The smallest absolute Gasteiger partial charge is 0.417 e. The summed E-state index contributed by atoms with van der Waals surface area (Å²) in [6.45, 7) is 13.5. The lowest BCUT2D eigenvalue weighted by molar-refractivity contribution is 0.0640. The fraction of sp³-hybridized carbons (Fsp3) is 1.00. The average Bonchev–Trinajstić information content (AvgIpc) is 2.41. The minimum atomic E-state index is -2.65. The second-order valence-corrected chi connectivity index (χ2v) is 12.9. The molecule has 1 saturated heterocycles. The first-order valence-corrected chi connectivity index (χ1v) is 12.6. The molecule has 0 aromatic rings. The van der Waals surface area contributed by atoms with Crippen LogP contribution in [0.3, 0.4) is 0 Å². The topological polar surface area (TPSA) is 36.9 Å². The summed E-state index contributed by atoms with van der Waals surface area (Å²) in [6.07, 6.45) is 3.48. The van der Waals surface area contributed by atoms with Crippen LogP contribution >= 0.6 is 0 Å². The quantitative estimate of drug-likeness (QED) is 0.606. The molecule has 2 atom stereocenters. The van der Waals surface area contributed by atoms with Crippen molar-refractivity contribution in [1.29, 1.82) is 0 Å². The van der Waals surface area contributed by atoms with Crippen molar-refractivity contribution in [2.24, 2.45) is 0 Å². The molecule has 20 heavy (non-hydrogen) atoms. The Morgan fingerprint density at radius 1 is 1.00 bits per heavy atom. The van der Waals surface area contributed by atoms with Crippen LogP contribution in [0.15, 0.2) is 0 Å². The van der Waals surface area contributed by atoms with E-state index in [1.54, 1.807) is 0 Å². The molecule has 1 aliphatic rings. The van der Waals surface area contributed by atoms with E-state index >= 15 is 0 Å². The molecule has 0 saturated carbocycles. The van der Waals surface area contributed by atoms with Crippen LogP contribution in [-0.4, -0.2) is 43.5 Å². The molecule has 120 valence electrons. The average molecular weight is 321 g/mol. The molecule has 1 fully saturated rings. The van der Waals surface area contributed by atoms with Gasteiger partial charge in [0.15, 0.2) is 8.32 Å². The van der Waals surface area contributed by atoms with Crippen LogP contribution < -0.4 is 0 Å². The molecule has 0 spiro atoms. The molecule has 0 N–H and O–H groups in total. The zero-order chi connectivity index (χ0) is 15.1. The Bertz CT molecular complexity index is 253. The normalized spacial score (nSPS) is 25.6. The second kappa shape index (κ2) is 8.65. The highest BCUT2D eigenvalue weighted by Gasteiger charge is 2.58. The van der Waals surface area contributed by atoms with Crippen molar-refractivity contribution in [3.05, 3.63) is 0 Å². The molecule has 1 rings (SSSR count). The Morgan fingerprint density at radius 3 is 1.90 bits per heavy atom. The van der Waals surface area contributed by atoms with Gasteiger partial charge in [0.2, 0.25) is 0 Å². The van der Waals surface area contributed by atoms with Crippen LogP contribution in [0.2, 0.25) is 17.8 Å². The minimum Gasteiger partial charge on any atom is -0.417 e. The molecule has 0 aromatic heterocycles. The molecule has 1 aliphatic heterocycles. The Balaban J connectivity index is 3.03. The second-order valence-electron chi connectivity index (χ2n) is 5.48. The third kappa shape index (κ3) is 4.14. The van der Waals surface area contributed by atoms with E-state index < -0.39 is 17.1 Å². The van der Waals surface area contributed by atoms with E-state index in [-0.39, 0.29) is 0 Å². The first-order valence-electron chi connectivity index (χ1n) is 8.14. The third-order valence-electron chi connectivity index (χ3n) is 4.11. The van der Waals surface area contributed by atoms with E-state index in [4.69, 9.17) is 17.7 Å². The van der Waals surface area contributed by atoms with Crippen molar-refractivity contribution in [2.45, 2.75) is 64.7 Å². The van der Waals surface area contributed by atoms with Crippen molar-refractivity contribution in [3.63, 3.8) is 0 Å². The molecule has 0 aliphatic carbocycles. The fourth-order valence-electron chi connectivity index (χ4n) is 3.32. The molecular weight excluding hydrogens is 288 g/mol. The van der Waals surface area contributed by atoms with Gasteiger partial charge in [-0.2, -0.15) is 0 Å². The zero-order valence-corrected chi connectivity index (χ0v) is 15.9. The highest BCUT2D eigenvalue weighted by molar-refractivity contribution is 6.88. The summed E-state index contributed by atoms with van der Waals surface area (Å²) in [5.74, 6) is 0. The summed E-state index contributed by atoms with van der Waals surface area (Å²) in [5, 5.41) is 0.343. The Kier molecular flexibility index (Phi) is 7.93. The van der Waals surface area contributed by atoms with Crippen LogP contribution in [0.1, 0.15) is 47.0 Å². The zero-order valence-electron chi connectivity index (χ0n) is 13.9. The van der Waals surface area contributed by atoms with Gasteiger partial charge >= 0.3 is 8.80 Å². The predicted octanol–water partition coefficient (Wildman–Crippen LogP) is 3.74. The van der Waals surface area contributed by atoms with Crippen LogP contribution in [0.5, 0.6) is 0 Å². The highest BCUT2D eigenvalue weighted by Crippen LogP contribution is 2.42. The molecule has 4 nitrogen and oxygen atoms in total. The fourth-order valence-corrected chi connectivity index (χ4v) is 13.4. The van der Waals surface area contributed by atoms with Crippen LogP contribution in [0.25, 0.3) is 0 Å². The SMILES string of the molecule is CCO[Si](OCC)(OCC)C(CC)[Si]1(C)CCCCO1. The number of hydrogen-bond donors (Lipinski definition) is 0. The van der Waals surface area contributed by atoms with Gasteiger partial charge in [-0.3, -0.25) is 0 Å². The summed E-state index contributed by atoms with van der Waals surface area (Å²) in [7, 11) is -4.47. The molecular formula is C14H32O4Si2. The van der Waals surface area contributed by atoms with Gasteiger partial charge in [0.05, 0.1) is 0 Å². The van der Waals surface area contributed by atoms with Crippen LogP contribution in [0, 0.1) is 0 Å². The van der Waals surface area contributed by atoms with E-state index in [2.05, 4.69) is 13.5 Å². The lowest BCUT2D eigenvalue weighted by Gasteiger charge is -2.44. The van der Waals surface area contributed by atoms with E-state index in [0.29, 0.717) is 25.0 Å². The monoisotopic (exact) mass is 320 g/mol. The van der Waals surface area contributed by atoms with Gasteiger partial charge in [-0.25, -0.2) is 0 Å². The molecule has 6 heteroatoms. The van der Waals surface area contributed by atoms with Crippen LogP contribution in [-0.2, 0) is 17.7 Å².